The number of carbonyl (C=O) groups excluding carboxylic acids is 1. The number of carbonyl (C=O) groups is 1. The number of amides is 1. The van der Waals surface area contributed by atoms with Gasteiger partial charge in [-0.25, -0.2) is 13.8 Å². The Morgan fingerprint density at radius 2 is 1.83 bits per heavy atom. The van der Waals surface area contributed by atoms with Crippen molar-refractivity contribution in [3.05, 3.63) is 68.4 Å². The van der Waals surface area contributed by atoms with Gasteiger partial charge in [-0.2, -0.15) is 10.2 Å². The van der Waals surface area contributed by atoms with Crippen LogP contribution in [0, 0.1) is 12.7 Å². The van der Waals surface area contributed by atoms with Crippen molar-refractivity contribution in [2.45, 2.75) is 70.7 Å². The SMILES string of the molecule is COCCOc1ccc(F)cc1[C@H](Cn1c(=O)n(C(C)(C)C(=O)N2CCCC2)c(=O)c2c(C)c(-n3nccn3)sc21)OC1CCOCC1. The van der Waals surface area contributed by atoms with Crippen molar-refractivity contribution in [1.29, 1.82) is 0 Å². The Labute approximate surface area is 280 Å². The lowest BCUT2D eigenvalue weighted by Crippen LogP contribution is -2.56. The van der Waals surface area contributed by atoms with E-state index in [0.29, 0.717) is 72.5 Å². The molecule has 0 saturated carbocycles. The fourth-order valence-corrected chi connectivity index (χ4v) is 7.68. The molecule has 2 fully saturated rings. The van der Waals surface area contributed by atoms with E-state index in [0.717, 1.165) is 17.4 Å². The van der Waals surface area contributed by atoms with E-state index in [-0.39, 0.29) is 30.5 Å². The van der Waals surface area contributed by atoms with Crippen LogP contribution in [0.3, 0.4) is 0 Å². The predicted molar refractivity (Wildman–Crippen MR) is 177 cm³/mol. The summed E-state index contributed by atoms with van der Waals surface area (Å²) in [4.78, 5) is 46.5. The molecule has 3 aromatic heterocycles. The number of fused-ring (bicyclic) bond motifs is 1. The number of aromatic nitrogens is 5. The first-order valence-corrected chi connectivity index (χ1v) is 17.0. The molecule has 2 aliphatic heterocycles. The van der Waals surface area contributed by atoms with Crippen molar-refractivity contribution in [1.82, 2.24) is 29.0 Å². The standard InChI is InChI=1S/C33H41FN6O7S/c1-21-27-28(41)39(33(2,3)31(42)37-13-5-6-14-37)32(43)38(30(27)48-29(21)40-35-11-12-36-40)20-26(47-23-9-15-45-16-10-23)24-19-22(34)7-8-25(24)46-18-17-44-4/h7-8,11-12,19,23,26H,5-6,9-10,13-18,20H2,1-4H3/t26-/m0/s1. The van der Waals surface area contributed by atoms with Crippen LogP contribution in [-0.2, 0) is 31.1 Å². The second-order valence-corrected chi connectivity index (χ2v) is 13.6. The van der Waals surface area contributed by atoms with Crippen molar-refractivity contribution in [2.24, 2.45) is 0 Å². The molecule has 0 radical (unpaired) electrons. The Balaban J connectivity index is 1.55. The number of nitrogens with zero attached hydrogens (tertiary/aromatic N) is 6. The zero-order valence-corrected chi connectivity index (χ0v) is 28.5. The third-order valence-corrected chi connectivity index (χ3v) is 10.3. The second-order valence-electron chi connectivity index (χ2n) is 12.6. The smallest absolute Gasteiger partial charge is 0.333 e. The van der Waals surface area contributed by atoms with Gasteiger partial charge in [-0.05, 0) is 64.7 Å². The normalized spacial score (nSPS) is 16.6. The molecule has 2 saturated heterocycles. The molecule has 0 bridgehead atoms. The first-order chi connectivity index (χ1) is 23.1. The maximum atomic E-state index is 14.9. The number of methoxy groups -OCH3 is 1. The Kier molecular flexibility index (Phi) is 10.1. The number of aryl methyl sites for hydroxylation is 1. The summed E-state index contributed by atoms with van der Waals surface area (Å²) in [5, 5.41) is 9.37. The van der Waals surface area contributed by atoms with Crippen molar-refractivity contribution in [3.8, 4) is 10.8 Å². The molecule has 1 amide bonds. The molecule has 15 heteroatoms. The molecule has 5 heterocycles. The molecule has 6 rings (SSSR count). The fraction of sp³-hybridized carbons (Fsp3) is 0.545. The van der Waals surface area contributed by atoms with Crippen LogP contribution in [0.25, 0.3) is 15.2 Å². The maximum Gasteiger partial charge on any atom is 0.333 e. The van der Waals surface area contributed by atoms with E-state index in [1.165, 1.54) is 51.3 Å². The van der Waals surface area contributed by atoms with Crippen LogP contribution in [0.15, 0.2) is 40.2 Å². The Morgan fingerprint density at radius 1 is 1.12 bits per heavy atom. The molecule has 4 aromatic rings. The van der Waals surface area contributed by atoms with E-state index in [2.05, 4.69) is 10.2 Å². The molecule has 1 atom stereocenters. The van der Waals surface area contributed by atoms with Crippen LogP contribution < -0.4 is 16.0 Å². The molecule has 0 aliphatic carbocycles. The first kappa shape index (κ1) is 34.0. The zero-order chi connectivity index (χ0) is 34.0. The summed E-state index contributed by atoms with van der Waals surface area (Å²) in [5.41, 5.74) is -1.78. The monoisotopic (exact) mass is 684 g/mol. The van der Waals surface area contributed by atoms with Gasteiger partial charge >= 0.3 is 5.69 Å². The molecule has 1 aromatic carbocycles. The minimum Gasteiger partial charge on any atom is -0.491 e. The third kappa shape index (κ3) is 6.56. The highest BCUT2D eigenvalue weighted by Crippen LogP contribution is 2.36. The van der Waals surface area contributed by atoms with Gasteiger partial charge in [0.15, 0.2) is 0 Å². The molecule has 258 valence electrons. The lowest BCUT2D eigenvalue weighted by Gasteiger charge is -2.32. The Hall–Kier alpha value is -3.92. The summed E-state index contributed by atoms with van der Waals surface area (Å²) >= 11 is 1.19. The van der Waals surface area contributed by atoms with E-state index < -0.39 is 28.7 Å². The predicted octanol–water partition coefficient (Wildman–Crippen LogP) is 3.57. The molecule has 0 N–H and O–H groups in total. The summed E-state index contributed by atoms with van der Waals surface area (Å²) in [5.74, 6) is -0.416. The van der Waals surface area contributed by atoms with E-state index in [1.54, 1.807) is 32.8 Å². The van der Waals surface area contributed by atoms with Gasteiger partial charge in [-0.1, -0.05) is 11.3 Å². The lowest BCUT2D eigenvalue weighted by molar-refractivity contribution is -0.138. The van der Waals surface area contributed by atoms with Gasteiger partial charge < -0.3 is 23.8 Å². The van der Waals surface area contributed by atoms with Gasteiger partial charge in [-0.3, -0.25) is 14.2 Å². The van der Waals surface area contributed by atoms with Crippen LogP contribution in [0.4, 0.5) is 4.39 Å². The number of hydrogen-bond donors (Lipinski definition) is 0. The summed E-state index contributed by atoms with van der Waals surface area (Å²) in [7, 11) is 1.56. The van der Waals surface area contributed by atoms with E-state index in [4.69, 9.17) is 18.9 Å². The van der Waals surface area contributed by atoms with Crippen molar-refractivity contribution in [2.75, 3.05) is 46.6 Å². The number of benzene rings is 1. The van der Waals surface area contributed by atoms with Crippen molar-refractivity contribution < 1.29 is 28.1 Å². The minimum absolute atomic E-state index is 0.100. The van der Waals surface area contributed by atoms with Crippen molar-refractivity contribution in [3.63, 3.8) is 0 Å². The van der Waals surface area contributed by atoms with Crippen molar-refractivity contribution >= 4 is 27.5 Å². The van der Waals surface area contributed by atoms with Crippen LogP contribution in [0.1, 0.15) is 56.8 Å². The van der Waals surface area contributed by atoms with Crippen LogP contribution in [0.2, 0.25) is 0 Å². The first-order valence-electron chi connectivity index (χ1n) is 16.2. The summed E-state index contributed by atoms with van der Waals surface area (Å²) < 4.78 is 40.9. The van der Waals surface area contributed by atoms with Gasteiger partial charge in [0.05, 0.1) is 37.0 Å². The maximum absolute atomic E-state index is 14.9. The third-order valence-electron chi connectivity index (χ3n) is 9.00. The van der Waals surface area contributed by atoms with E-state index in [9.17, 15) is 18.8 Å². The average molecular weight is 685 g/mol. The van der Waals surface area contributed by atoms with Gasteiger partial charge in [0.25, 0.3) is 5.56 Å². The number of ether oxygens (including phenoxy) is 4. The highest BCUT2D eigenvalue weighted by molar-refractivity contribution is 7.21. The van der Waals surface area contributed by atoms with Crippen LogP contribution in [0.5, 0.6) is 5.75 Å². The number of halogens is 1. The lowest BCUT2D eigenvalue weighted by atomic mass is 10.0. The Morgan fingerprint density at radius 3 is 2.52 bits per heavy atom. The molecule has 0 spiro atoms. The van der Waals surface area contributed by atoms with Gasteiger partial charge in [0.2, 0.25) is 5.91 Å². The number of rotatable bonds is 12. The minimum atomic E-state index is -1.50. The molecular weight excluding hydrogens is 643 g/mol. The molecule has 13 nitrogen and oxygen atoms in total. The number of thiophene rings is 1. The quantitative estimate of drug-likeness (QED) is 0.206. The van der Waals surface area contributed by atoms with E-state index >= 15 is 0 Å². The van der Waals surface area contributed by atoms with Gasteiger partial charge in [0, 0.05) is 44.5 Å². The van der Waals surface area contributed by atoms with Gasteiger partial charge in [-0.15, -0.1) is 4.80 Å². The average Bonchev–Trinajstić information content (AvgIpc) is 3.86. The van der Waals surface area contributed by atoms with Crippen LogP contribution in [-0.4, -0.2) is 87.7 Å². The Bertz CT molecular complexity index is 1870. The topological polar surface area (TPSA) is 132 Å². The number of likely N-dealkylation sites (tertiary alicyclic amines) is 1. The van der Waals surface area contributed by atoms with Crippen LogP contribution >= 0.6 is 11.3 Å². The highest BCUT2D eigenvalue weighted by Gasteiger charge is 2.39. The molecule has 0 unspecified atom stereocenters. The van der Waals surface area contributed by atoms with E-state index in [1.807, 2.05) is 0 Å². The highest BCUT2D eigenvalue weighted by atomic mass is 32.1. The molecular formula is C33H41FN6O7S. The summed E-state index contributed by atoms with van der Waals surface area (Å²) in [6, 6.07) is 4.19. The molecule has 48 heavy (non-hydrogen) atoms. The summed E-state index contributed by atoms with van der Waals surface area (Å²) in [6.07, 6.45) is 4.88. The number of hydrogen-bond acceptors (Lipinski definition) is 10. The fourth-order valence-electron chi connectivity index (χ4n) is 6.47. The largest absolute Gasteiger partial charge is 0.491 e. The zero-order valence-electron chi connectivity index (χ0n) is 27.6. The molecule has 2 aliphatic rings. The second kappa shape index (κ2) is 14.3. The summed E-state index contributed by atoms with van der Waals surface area (Å²) in [6.45, 7) is 7.54. The van der Waals surface area contributed by atoms with Gasteiger partial charge in [0.1, 0.15) is 39.6 Å².